The van der Waals surface area contributed by atoms with Gasteiger partial charge in [-0.15, -0.1) is 11.3 Å². The number of carbonyl (C=O) groups is 2. The molecule has 4 aromatic rings. The minimum absolute atomic E-state index is 0.107. The molecule has 174 valence electrons. The maximum absolute atomic E-state index is 12.8. The predicted molar refractivity (Wildman–Crippen MR) is 142 cm³/mol. The van der Waals surface area contributed by atoms with E-state index >= 15 is 0 Å². The Morgan fingerprint density at radius 3 is 2.60 bits per heavy atom. The Morgan fingerprint density at radius 1 is 1.11 bits per heavy atom. The summed E-state index contributed by atoms with van der Waals surface area (Å²) in [6, 6.07) is 19.9. The van der Waals surface area contributed by atoms with Crippen LogP contribution in [0.3, 0.4) is 0 Å². The summed E-state index contributed by atoms with van der Waals surface area (Å²) in [4.78, 5) is 34.6. The summed E-state index contributed by atoms with van der Waals surface area (Å²) in [5, 5.41) is 8.77. The number of nitrogens with one attached hydrogen (secondary N) is 2. The van der Waals surface area contributed by atoms with Gasteiger partial charge in [0.25, 0.3) is 5.91 Å². The first-order valence-electron chi connectivity index (χ1n) is 11.1. The van der Waals surface area contributed by atoms with Gasteiger partial charge in [0.2, 0.25) is 5.91 Å². The van der Waals surface area contributed by atoms with Gasteiger partial charge in [-0.05, 0) is 67.9 Å². The van der Waals surface area contributed by atoms with Gasteiger partial charge in [-0.25, -0.2) is 4.98 Å². The van der Waals surface area contributed by atoms with Crippen LogP contribution in [-0.2, 0) is 4.79 Å². The Hall–Kier alpha value is -4.30. The Balaban J connectivity index is 1.37. The molecule has 8 heteroatoms. The number of benzene rings is 3. The Kier molecular flexibility index (Phi) is 5.88. The number of hydrogen-bond acceptors (Lipinski definition) is 6. The number of aryl methyl sites for hydroxylation is 1. The van der Waals surface area contributed by atoms with E-state index in [-0.39, 0.29) is 11.8 Å². The fraction of sp³-hybridized carbons (Fsp3) is 0.111. The van der Waals surface area contributed by atoms with E-state index in [9.17, 15) is 9.59 Å². The molecule has 1 aliphatic heterocycles. The van der Waals surface area contributed by atoms with Crippen molar-refractivity contribution in [2.24, 2.45) is 4.99 Å². The third-order valence-corrected chi connectivity index (χ3v) is 6.63. The minimum Gasteiger partial charge on any atom is -0.397 e. The molecule has 0 saturated heterocycles. The molecule has 35 heavy (non-hydrogen) atoms. The second-order valence-electron chi connectivity index (χ2n) is 8.32. The predicted octanol–water partition coefficient (Wildman–Crippen LogP) is 5.78. The third kappa shape index (κ3) is 4.56. The van der Waals surface area contributed by atoms with Crippen LogP contribution in [0.25, 0.3) is 11.3 Å². The van der Waals surface area contributed by atoms with Crippen LogP contribution in [0.1, 0.15) is 33.8 Å². The summed E-state index contributed by atoms with van der Waals surface area (Å²) in [6.45, 7) is 3.82. The largest absolute Gasteiger partial charge is 0.397 e. The zero-order valence-corrected chi connectivity index (χ0v) is 20.0. The van der Waals surface area contributed by atoms with Crippen molar-refractivity contribution in [2.45, 2.75) is 19.8 Å². The number of carbonyl (C=O) groups excluding carboxylic acids is 2. The fourth-order valence-corrected chi connectivity index (χ4v) is 4.71. The number of nitrogens with zero attached hydrogens (tertiary/aromatic N) is 2. The highest BCUT2D eigenvalue weighted by Crippen LogP contribution is 2.37. The minimum atomic E-state index is -0.492. The smallest absolute Gasteiger partial charge is 0.255 e. The maximum Gasteiger partial charge on any atom is 0.255 e. The first-order chi connectivity index (χ1) is 16.9. The quantitative estimate of drug-likeness (QED) is 0.248. The summed E-state index contributed by atoms with van der Waals surface area (Å²) in [5.74, 6) is -0.859. The molecule has 1 atom stereocenters. The van der Waals surface area contributed by atoms with Gasteiger partial charge in [-0.1, -0.05) is 18.2 Å². The maximum atomic E-state index is 12.8. The molecule has 2 heterocycles. The molecule has 0 fully saturated rings. The number of aliphatic imine (C=N–C) groups is 1. The van der Waals surface area contributed by atoms with Gasteiger partial charge in [0.1, 0.15) is 5.92 Å². The van der Waals surface area contributed by atoms with Crippen LogP contribution in [0.4, 0.5) is 22.7 Å². The molecule has 1 aromatic heterocycles. The monoisotopic (exact) mass is 481 g/mol. The Bertz CT molecular complexity index is 1470. The van der Waals surface area contributed by atoms with Crippen LogP contribution >= 0.6 is 11.3 Å². The van der Waals surface area contributed by atoms with Crippen molar-refractivity contribution >= 4 is 51.6 Å². The average molecular weight is 482 g/mol. The number of nitrogens with two attached hydrogens (primary N) is 1. The molecule has 2 amide bonds. The highest BCUT2D eigenvalue weighted by atomic mass is 32.1. The van der Waals surface area contributed by atoms with Crippen LogP contribution in [0.15, 0.2) is 77.1 Å². The van der Waals surface area contributed by atoms with Crippen molar-refractivity contribution in [1.82, 2.24) is 4.98 Å². The third-order valence-electron chi connectivity index (χ3n) is 5.86. The first kappa shape index (κ1) is 22.5. The summed E-state index contributed by atoms with van der Waals surface area (Å²) < 4.78 is 0. The highest BCUT2D eigenvalue weighted by molar-refractivity contribution is 7.09. The number of para-hydroxylation sites is 2. The molecule has 4 N–H and O–H groups in total. The molecule has 7 nitrogen and oxygen atoms in total. The van der Waals surface area contributed by atoms with Gasteiger partial charge in [-0.3, -0.25) is 14.6 Å². The normalized spacial score (nSPS) is 15.0. The summed E-state index contributed by atoms with van der Waals surface area (Å²) >= 11 is 1.59. The van der Waals surface area contributed by atoms with Crippen molar-refractivity contribution < 1.29 is 9.59 Å². The lowest BCUT2D eigenvalue weighted by molar-refractivity contribution is -0.115. The van der Waals surface area contributed by atoms with E-state index in [1.165, 1.54) is 0 Å². The van der Waals surface area contributed by atoms with Crippen molar-refractivity contribution in [3.05, 3.63) is 88.2 Å². The molecule has 1 aliphatic rings. The molecule has 0 radical (unpaired) electrons. The number of amides is 2. The van der Waals surface area contributed by atoms with E-state index in [0.29, 0.717) is 28.3 Å². The topological polar surface area (TPSA) is 109 Å². The van der Waals surface area contributed by atoms with E-state index in [2.05, 4.69) is 20.6 Å². The van der Waals surface area contributed by atoms with Crippen LogP contribution in [-0.4, -0.2) is 22.5 Å². The molecule has 0 saturated carbocycles. The van der Waals surface area contributed by atoms with Crippen LogP contribution < -0.4 is 16.4 Å². The van der Waals surface area contributed by atoms with Gasteiger partial charge >= 0.3 is 0 Å². The zero-order chi connectivity index (χ0) is 24.5. The van der Waals surface area contributed by atoms with E-state index in [1.54, 1.807) is 47.7 Å². The summed E-state index contributed by atoms with van der Waals surface area (Å²) in [6.07, 6.45) is 0. The molecule has 0 bridgehead atoms. The van der Waals surface area contributed by atoms with Gasteiger partial charge < -0.3 is 16.4 Å². The van der Waals surface area contributed by atoms with Crippen LogP contribution in [0.2, 0.25) is 0 Å². The van der Waals surface area contributed by atoms with E-state index in [1.807, 2.05) is 49.6 Å². The average Bonchev–Trinajstić information content (AvgIpc) is 3.42. The van der Waals surface area contributed by atoms with Gasteiger partial charge in [-0.2, -0.15) is 0 Å². The molecule has 1 unspecified atom stereocenters. The number of fused-ring (bicyclic) bond motifs is 1. The van der Waals surface area contributed by atoms with Gasteiger partial charge in [0.05, 0.1) is 27.8 Å². The fourth-order valence-electron chi connectivity index (χ4n) is 4.09. The SMILES string of the molecule is CC(=Nc1ccc(C(=O)Nc2ccccc2N)cc1)C1C(=O)Nc2ccc(-c3csc(C)n3)cc21. The Labute approximate surface area is 206 Å². The first-order valence-corrected chi connectivity index (χ1v) is 12.0. The molecule has 0 spiro atoms. The lowest BCUT2D eigenvalue weighted by atomic mass is 9.94. The lowest BCUT2D eigenvalue weighted by Gasteiger charge is -2.10. The second kappa shape index (κ2) is 9.15. The van der Waals surface area contributed by atoms with Crippen molar-refractivity contribution in [2.75, 3.05) is 16.4 Å². The molecule has 0 aliphatic carbocycles. The number of aromatic nitrogens is 1. The van der Waals surface area contributed by atoms with Gasteiger partial charge in [0.15, 0.2) is 0 Å². The van der Waals surface area contributed by atoms with E-state index < -0.39 is 5.92 Å². The molecular formula is C27H23N5O2S. The molecule has 5 rings (SSSR count). The van der Waals surface area contributed by atoms with Crippen molar-refractivity contribution in [1.29, 1.82) is 0 Å². The molecule has 3 aromatic carbocycles. The number of hydrogen-bond donors (Lipinski definition) is 3. The van der Waals surface area contributed by atoms with Crippen LogP contribution in [0, 0.1) is 6.92 Å². The number of nitrogen functional groups attached to an aromatic ring is 1. The van der Waals surface area contributed by atoms with Crippen LogP contribution in [0.5, 0.6) is 0 Å². The molecular weight excluding hydrogens is 458 g/mol. The van der Waals surface area contributed by atoms with E-state index in [4.69, 9.17) is 5.73 Å². The number of rotatable bonds is 5. The zero-order valence-electron chi connectivity index (χ0n) is 19.2. The highest BCUT2D eigenvalue weighted by Gasteiger charge is 2.33. The standard InChI is InChI=1S/C27H23N5O2S/c1-15(25-20-13-18(24-14-35-16(2)30-24)9-12-22(20)31-27(25)34)29-19-10-7-17(8-11-19)26(33)32-23-6-4-3-5-21(23)28/h3-14,25H,28H2,1-2H3,(H,31,34)(H,32,33). The number of thiazole rings is 1. The van der Waals surface area contributed by atoms with E-state index in [0.717, 1.165) is 27.5 Å². The summed E-state index contributed by atoms with van der Waals surface area (Å²) in [5.41, 5.74) is 12.3. The number of anilines is 3. The summed E-state index contributed by atoms with van der Waals surface area (Å²) in [7, 11) is 0. The lowest BCUT2D eigenvalue weighted by Crippen LogP contribution is -2.18. The van der Waals surface area contributed by atoms with Gasteiger partial charge in [0, 0.05) is 27.9 Å². The second-order valence-corrected chi connectivity index (χ2v) is 9.38. The van der Waals surface area contributed by atoms with Crippen molar-refractivity contribution in [3.63, 3.8) is 0 Å². The Morgan fingerprint density at radius 2 is 1.89 bits per heavy atom. The van der Waals surface area contributed by atoms with Crippen molar-refractivity contribution in [3.8, 4) is 11.3 Å².